The van der Waals surface area contributed by atoms with Crippen LogP contribution in [0.1, 0.15) is 58.3 Å². The van der Waals surface area contributed by atoms with E-state index in [2.05, 4.69) is 22.9 Å². The number of amides is 2. The van der Waals surface area contributed by atoms with Gasteiger partial charge in [0.2, 0.25) is 5.91 Å². The Bertz CT molecular complexity index is 667. The molecule has 152 valence electrons. The molecule has 0 aromatic rings. The molecule has 6 heteroatoms. The molecule has 4 aliphatic carbocycles. The Morgan fingerprint density at radius 2 is 1.68 bits per heavy atom. The number of rotatable bonds is 5. The maximum Gasteiger partial charge on any atom is 0.263 e. The number of piperidine rings is 1. The quantitative estimate of drug-likeness (QED) is 0.500. The summed E-state index contributed by atoms with van der Waals surface area (Å²) in [5.74, 6) is 1.95. The van der Waals surface area contributed by atoms with Gasteiger partial charge in [-0.25, -0.2) is 0 Å². The van der Waals surface area contributed by atoms with E-state index in [-0.39, 0.29) is 34.8 Å². The van der Waals surface area contributed by atoms with Crippen molar-refractivity contribution in [2.75, 3.05) is 13.1 Å². The van der Waals surface area contributed by atoms with Crippen molar-refractivity contribution in [1.29, 1.82) is 5.26 Å². The molecule has 4 bridgehead atoms. The lowest BCUT2D eigenvalue weighted by Gasteiger charge is -2.59. The Morgan fingerprint density at radius 3 is 2.21 bits per heavy atom. The van der Waals surface area contributed by atoms with Gasteiger partial charge in [-0.05, 0) is 94.5 Å². The zero-order chi connectivity index (χ0) is 19.7. The van der Waals surface area contributed by atoms with Gasteiger partial charge in [-0.1, -0.05) is 0 Å². The lowest BCUT2D eigenvalue weighted by atomic mass is 9.48. The van der Waals surface area contributed by atoms with Crippen LogP contribution in [-0.4, -0.2) is 30.9 Å². The zero-order valence-corrected chi connectivity index (χ0v) is 16.8. The minimum absolute atomic E-state index is 0.0149. The third-order valence-corrected chi connectivity index (χ3v) is 7.79. The Hall–Kier alpha value is -1.87. The van der Waals surface area contributed by atoms with E-state index in [0.717, 1.165) is 43.7 Å². The van der Waals surface area contributed by atoms with Crippen LogP contribution in [-0.2, 0) is 9.59 Å². The second-order valence-electron chi connectivity index (χ2n) is 9.68. The topological polar surface area (TPSA) is 94.0 Å². The number of hydrogen-bond acceptors (Lipinski definition) is 4. The molecule has 28 heavy (non-hydrogen) atoms. The summed E-state index contributed by atoms with van der Waals surface area (Å²) in [5.41, 5.74) is 0.183. The molecule has 0 aromatic carbocycles. The smallest absolute Gasteiger partial charge is 0.263 e. The molecule has 1 atom stereocenters. The van der Waals surface area contributed by atoms with Crippen LogP contribution in [0, 0.1) is 40.4 Å². The van der Waals surface area contributed by atoms with Crippen LogP contribution >= 0.6 is 0 Å². The Labute approximate surface area is 167 Å². The van der Waals surface area contributed by atoms with Gasteiger partial charge in [-0.2, -0.15) is 5.26 Å². The molecule has 0 radical (unpaired) electrons. The predicted molar refractivity (Wildman–Crippen MR) is 106 cm³/mol. The second kappa shape index (κ2) is 7.87. The number of nitrogens with zero attached hydrogens (tertiary/aromatic N) is 1. The molecule has 2 amide bonds. The molecule has 1 unspecified atom stereocenters. The lowest BCUT2D eigenvalue weighted by molar-refractivity contribution is -0.124. The Balaban J connectivity index is 1.36. The highest BCUT2D eigenvalue weighted by atomic mass is 16.2. The van der Waals surface area contributed by atoms with E-state index in [0.29, 0.717) is 0 Å². The van der Waals surface area contributed by atoms with Gasteiger partial charge in [-0.15, -0.1) is 0 Å². The number of carbonyl (C=O) groups is 2. The van der Waals surface area contributed by atoms with Crippen molar-refractivity contribution in [3.8, 4) is 6.07 Å². The van der Waals surface area contributed by atoms with Crippen LogP contribution in [0.15, 0.2) is 11.8 Å². The van der Waals surface area contributed by atoms with Crippen LogP contribution in [0.5, 0.6) is 0 Å². The van der Waals surface area contributed by atoms with Crippen molar-refractivity contribution in [3.05, 3.63) is 11.8 Å². The maximum atomic E-state index is 12.7. The molecular formula is C22H32N4O2. The van der Waals surface area contributed by atoms with Gasteiger partial charge >= 0.3 is 0 Å². The molecule has 5 aliphatic rings. The second-order valence-corrected chi connectivity index (χ2v) is 9.68. The molecule has 0 spiro atoms. The van der Waals surface area contributed by atoms with Crippen LogP contribution < -0.4 is 16.0 Å². The highest BCUT2D eigenvalue weighted by Gasteiger charge is 2.53. The first-order valence-corrected chi connectivity index (χ1v) is 10.9. The third-order valence-electron chi connectivity index (χ3n) is 7.79. The van der Waals surface area contributed by atoms with Gasteiger partial charge < -0.3 is 16.0 Å². The van der Waals surface area contributed by atoms with Crippen LogP contribution in [0.25, 0.3) is 0 Å². The molecule has 4 saturated carbocycles. The Morgan fingerprint density at radius 1 is 1.11 bits per heavy atom. The number of nitrogens with one attached hydrogen (secondary N) is 3. The first-order chi connectivity index (χ1) is 13.5. The van der Waals surface area contributed by atoms with Crippen LogP contribution in [0.2, 0.25) is 0 Å². The van der Waals surface area contributed by atoms with Crippen molar-refractivity contribution < 1.29 is 9.59 Å². The summed E-state index contributed by atoms with van der Waals surface area (Å²) < 4.78 is 0. The van der Waals surface area contributed by atoms with Crippen molar-refractivity contribution in [2.45, 2.75) is 64.3 Å². The molecule has 0 aromatic heterocycles. The largest absolute Gasteiger partial charge is 0.348 e. The number of nitriles is 1. The molecule has 6 nitrogen and oxygen atoms in total. The Kier molecular flexibility index (Phi) is 5.46. The SMILES string of the molecule is CC(NC(=O)/C(C#N)=C\NC(=O)C1CCNCC1)C12CC3CC(CC(C3)C1)C2. The van der Waals surface area contributed by atoms with Crippen LogP contribution in [0.3, 0.4) is 0 Å². The number of hydrogen-bond donors (Lipinski definition) is 3. The summed E-state index contributed by atoms with van der Waals surface area (Å²) in [5, 5.41) is 18.4. The zero-order valence-electron chi connectivity index (χ0n) is 16.8. The van der Waals surface area contributed by atoms with Crippen molar-refractivity contribution in [3.63, 3.8) is 0 Å². The molecule has 3 N–H and O–H groups in total. The van der Waals surface area contributed by atoms with Crippen molar-refractivity contribution in [1.82, 2.24) is 16.0 Å². The molecule has 5 rings (SSSR count). The van der Waals surface area contributed by atoms with Gasteiger partial charge in [0.1, 0.15) is 11.6 Å². The normalized spacial score (nSPS) is 35.9. The van der Waals surface area contributed by atoms with E-state index < -0.39 is 0 Å². The molecule has 1 aliphatic heterocycles. The van der Waals surface area contributed by atoms with E-state index in [9.17, 15) is 14.9 Å². The fourth-order valence-electron chi connectivity index (χ4n) is 6.63. The minimum atomic E-state index is -0.364. The van der Waals surface area contributed by atoms with Gasteiger partial charge in [-0.3, -0.25) is 9.59 Å². The average Bonchev–Trinajstić information content (AvgIpc) is 2.68. The van der Waals surface area contributed by atoms with Crippen molar-refractivity contribution >= 4 is 11.8 Å². The molecular weight excluding hydrogens is 352 g/mol. The van der Waals surface area contributed by atoms with E-state index in [1.165, 1.54) is 44.7 Å². The molecule has 1 saturated heterocycles. The van der Waals surface area contributed by atoms with Gasteiger partial charge in [0, 0.05) is 18.2 Å². The van der Waals surface area contributed by atoms with Crippen molar-refractivity contribution in [2.24, 2.45) is 29.1 Å². The highest BCUT2D eigenvalue weighted by molar-refractivity contribution is 5.98. The standard InChI is InChI=1S/C22H32N4O2/c1-14(22-9-15-6-16(10-22)8-17(7-15)11-22)26-21(28)19(12-23)13-25-20(27)18-2-4-24-5-3-18/h13-18,24H,2-11H2,1H3,(H,25,27)(H,26,28)/b19-13-. The van der Waals surface area contributed by atoms with E-state index in [1.807, 2.05) is 6.07 Å². The average molecular weight is 385 g/mol. The summed E-state index contributed by atoms with van der Waals surface area (Å²) >= 11 is 0. The van der Waals surface area contributed by atoms with Gasteiger partial charge in [0.15, 0.2) is 0 Å². The lowest BCUT2D eigenvalue weighted by Crippen LogP contribution is -2.56. The maximum absolute atomic E-state index is 12.7. The summed E-state index contributed by atoms with van der Waals surface area (Å²) in [6, 6.07) is 2.02. The third kappa shape index (κ3) is 3.82. The number of carbonyl (C=O) groups excluding carboxylic acids is 2. The summed E-state index contributed by atoms with van der Waals surface area (Å²) in [6.07, 6.45) is 10.6. The fourth-order valence-corrected chi connectivity index (χ4v) is 6.63. The molecule has 5 fully saturated rings. The fraction of sp³-hybridized carbons (Fsp3) is 0.773. The van der Waals surface area contributed by atoms with Gasteiger partial charge in [0.25, 0.3) is 5.91 Å². The first-order valence-electron chi connectivity index (χ1n) is 10.9. The van der Waals surface area contributed by atoms with E-state index >= 15 is 0 Å². The van der Waals surface area contributed by atoms with Gasteiger partial charge in [0.05, 0.1) is 0 Å². The minimum Gasteiger partial charge on any atom is -0.348 e. The summed E-state index contributed by atoms with van der Waals surface area (Å²) in [6.45, 7) is 3.76. The van der Waals surface area contributed by atoms with E-state index in [4.69, 9.17) is 0 Å². The highest BCUT2D eigenvalue weighted by Crippen LogP contribution is 2.61. The summed E-state index contributed by atoms with van der Waals surface area (Å²) in [7, 11) is 0. The van der Waals surface area contributed by atoms with E-state index in [1.54, 1.807) is 0 Å². The van der Waals surface area contributed by atoms with Crippen LogP contribution in [0.4, 0.5) is 0 Å². The predicted octanol–water partition coefficient (Wildman–Crippen LogP) is 2.23. The monoisotopic (exact) mass is 384 g/mol. The summed E-state index contributed by atoms with van der Waals surface area (Å²) in [4.78, 5) is 25.0. The first kappa shape index (κ1) is 19.4. The molecule has 1 heterocycles.